The summed E-state index contributed by atoms with van der Waals surface area (Å²) in [5, 5.41) is 27.7. The van der Waals surface area contributed by atoms with Gasteiger partial charge < -0.3 is 30.9 Å². The molecule has 5 N–H and O–H groups in total. The van der Waals surface area contributed by atoms with Crippen molar-refractivity contribution in [2.24, 2.45) is 7.05 Å². The van der Waals surface area contributed by atoms with E-state index < -0.39 is 6.29 Å². The Bertz CT molecular complexity index is 1620. The first-order chi connectivity index (χ1) is 22.9. The molecule has 0 unspecified atom stereocenters. The lowest BCUT2D eigenvalue weighted by Crippen LogP contribution is -2.31. The van der Waals surface area contributed by atoms with Crippen LogP contribution in [-0.4, -0.2) is 49.0 Å². The van der Waals surface area contributed by atoms with E-state index in [1.807, 2.05) is 60.7 Å². The normalized spacial score (nSPS) is 17.7. The number of nitrogen functional groups attached to an aromatic ring is 1. The number of tetrazole rings is 1. The molecule has 4 aromatic rings. The number of carbonyl (C=O) groups excluding carboxylic acids is 2. The fourth-order valence-corrected chi connectivity index (χ4v) is 6.14. The van der Waals surface area contributed by atoms with E-state index in [0.29, 0.717) is 47.2 Å². The zero-order valence-electron chi connectivity index (χ0n) is 26.4. The first kappa shape index (κ1) is 34.0. The third kappa shape index (κ3) is 10.1. The molecule has 0 aliphatic carbocycles. The summed E-state index contributed by atoms with van der Waals surface area (Å²) in [7, 11) is 1.80. The topological polar surface area (TPSA) is 167 Å². The molecule has 0 saturated carbocycles. The van der Waals surface area contributed by atoms with Crippen LogP contribution >= 0.6 is 11.8 Å². The molecule has 1 aliphatic rings. The van der Waals surface area contributed by atoms with Gasteiger partial charge in [0.05, 0.1) is 30.2 Å². The summed E-state index contributed by atoms with van der Waals surface area (Å²) in [4.78, 5) is 25.0. The van der Waals surface area contributed by atoms with Crippen molar-refractivity contribution in [3.8, 4) is 0 Å². The molecule has 0 spiro atoms. The van der Waals surface area contributed by atoms with Gasteiger partial charge in [-0.3, -0.25) is 9.59 Å². The molecular formula is C34H41N7O5S. The van der Waals surface area contributed by atoms with Crippen LogP contribution < -0.4 is 16.4 Å². The number of nitrogens with two attached hydrogens (primary N) is 1. The maximum Gasteiger partial charge on any atom is 0.224 e. The summed E-state index contributed by atoms with van der Waals surface area (Å²) in [6, 6.07) is 22.5. The van der Waals surface area contributed by atoms with E-state index in [-0.39, 0.29) is 30.6 Å². The van der Waals surface area contributed by atoms with Gasteiger partial charge in [-0.2, -0.15) is 0 Å². The SMILES string of the molecule is Cn1nnnc1SC[C@@H]1C[C@H](c2ccc(CO)cc2)O[C@H](c2cccc(NC(=O)CCCCCCC(=O)Nc3ccccc3N)c2)O1. The van der Waals surface area contributed by atoms with Gasteiger partial charge in [-0.15, -0.1) is 5.10 Å². The van der Waals surface area contributed by atoms with Crippen LogP contribution in [0.3, 0.4) is 0 Å². The Labute approximate surface area is 278 Å². The van der Waals surface area contributed by atoms with Gasteiger partial charge in [-0.25, -0.2) is 4.68 Å². The zero-order valence-corrected chi connectivity index (χ0v) is 27.2. The summed E-state index contributed by atoms with van der Waals surface area (Å²) in [5.74, 6) is 0.491. The first-order valence-electron chi connectivity index (χ1n) is 15.8. The minimum Gasteiger partial charge on any atom is -0.397 e. The number of rotatable bonds is 15. The molecule has 0 radical (unpaired) electrons. The Kier molecular flexibility index (Phi) is 12.3. The number of aromatic nitrogens is 4. The van der Waals surface area contributed by atoms with Crippen molar-refractivity contribution in [2.75, 3.05) is 22.1 Å². The Hall–Kier alpha value is -4.30. The van der Waals surface area contributed by atoms with Crippen LogP contribution in [0.15, 0.2) is 78.0 Å². The fraction of sp³-hybridized carbons (Fsp3) is 0.382. The number of para-hydroxylation sites is 2. The molecular weight excluding hydrogens is 618 g/mol. The largest absolute Gasteiger partial charge is 0.397 e. The number of carbonyl (C=O) groups is 2. The van der Waals surface area contributed by atoms with Gasteiger partial charge in [0, 0.05) is 43.3 Å². The maximum atomic E-state index is 12.8. The number of nitrogens with zero attached hydrogens (tertiary/aromatic N) is 4. The van der Waals surface area contributed by atoms with Gasteiger partial charge in [0.1, 0.15) is 0 Å². The number of aliphatic hydroxyl groups is 1. The third-order valence-electron chi connectivity index (χ3n) is 7.83. The van der Waals surface area contributed by atoms with Gasteiger partial charge in [-0.1, -0.05) is 73.1 Å². The number of thioether (sulfide) groups is 1. The Morgan fingerprint density at radius 1 is 0.936 bits per heavy atom. The van der Waals surface area contributed by atoms with Crippen molar-refractivity contribution in [3.63, 3.8) is 0 Å². The number of ether oxygens (including phenoxy) is 2. The second-order valence-corrected chi connectivity index (χ2v) is 12.5. The van der Waals surface area contributed by atoms with E-state index in [0.717, 1.165) is 42.4 Å². The molecule has 3 atom stereocenters. The Balaban J connectivity index is 1.11. The van der Waals surface area contributed by atoms with Crippen LogP contribution in [0, 0.1) is 0 Å². The number of aryl methyl sites for hydroxylation is 1. The van der Waals surface area contributed by atoms with Crippen molar-refractivity contribution < 1.29 is 24.2 Å². The maximum absolute atomic E-state index is 12.8. The highest BCUT2D eigenvalue weighted by Crippen LogP contribution is 2.39. The molecule has 1 aliphatic heterocycles. The molecule has 1 saturated heterocycles. The molecule has 2 heterocycles. The Morgan fingerprint density at radius 3 is 2.38 bits per heavy atom. The third-order valence-corrected chi connectivity index (χ3v) is 8.97. The number of unbranched alkanes of at least 4 members (excludes halogenated alkanes) is 3. The monoisotopic (exact) mass is 659 g/mol. The molecule has 1 aromatic heterocycles. The average Bonchev–Trinajstić information content (AvgIpc) is 3.50. The number of hydrogen-bond donors (Lipinski definition) is 4. The lowest BCUT2D eigenvalue weighted by atomic mass is 10.0. The second kappa shape index (κ2) is 17.0. The molecule has 47 heavy (non-hydrogen) atoms. The lowest BCUT2D eigenvalue weighted by molar-refractivity contribution is -0.245. The van der Waals surface area contributed by atoms with Crippen LogP contribution in [0.25, 0.3) is 0 Å². The standard InChI is InChI=1S/C34H41N7O5S/c1-41-34(38-39-40-41)47-22-27-20-30(24-17-15-23(21-42)16-18-24)46-33(45-27)25-9-8-10-26(19-25)36-31(43)13-4-2-3-5-14-32(44)37-29-12-7-6-11-28(29)35/h6-12,15-19,27,30,33,42H,2-5,13-14,20-22,35H2,1H3,(H,36,43)(H,37,44)/t27-,30+,33+/m0/s1. The van der Waals surface area contributed by atoms with Crippen LogP contribution in [-0.2, 0) is 32.7 Å². The summed E-state index contributed by atoms with van der Waals surface area (Å²) in [6.45, 7) is -0.0226. The summed E-state index contributed by atoms with van der Waals surface area (Å²) >= 11 is 1.52. The van der Waals surface area contributed by atoms with Crippen LogP contribution in [0.2, 0.25) is 0 Å². The molecule has 3 aromatic carbocycles. The van der Waals surface area contributed by atoms with E-state index in [2.05, 4.69) is 26.2 Å². The molecule has 12 nitrogen and oxygen atoms in total. The van der Waals surface area contributed by atoms with Crippen molar-refractivity contribution in [1.29, 1.82) is 0 Å². The summed E-state index contributed by atoms with van der Waals surface area (Å²) in [6.07, 6.45) is 3.56. The molecule has 1 fully saturated rings. The highest BCUT2D eigenvalue weighted by atomic mass is 32.2. The molecule has 5 rings (SSSR count). The number of hydrogen-bond acceptors (Lipinski definition) is 10. The van der Waals surface area contributed by atoms with E-state index in [1.165, 1.54) is 11.8 Å². The van der Waals surface area contributed by atoms with Crippen molar-refractivity contribution in [3.05, 3.63) is 89.5 Å². The predicted octanol–water partition coefficient (Wildman–Crippen LogP) is 5.54. The molecule has 2 amide bonds. The fourth-order valence-electron chi connectivity index (χ4n) is 5.27. The predicted molar refractivity (Wildman–Crippen MR) is 180 cm³/mol. The summed E-state index contributed by atoms with van der Waals surface area (Å²) in [5.41, 5.74) is 10.4. The molecule has 0 bridgehead atoms. The van der Waals surface area contributed by atoms with Gasteiger partial charge in [0.2, 0.25) is 17.0 Å². The minimum absolute atomic E-state index is 0.0226. The molecule has 248 valence electrons. The minimum atomic E-state index is -0.651. The number of nitrogens with one attached hydrogen (secondary N) is 2. The lowest BCUT2D eigenvalue weighted by Gasteiger charge is -2.36. The van der Waals surface area contributed by atoms with E-state index in [1.54, 1.807) is 23.9 Å². The van der Waals surface area contributed by atoms with Crippen molar-refractivity contribution in [2.45, 2.75) is 75.2 Å². The van der Waals surface area contributed by atoms with Crippen LogP contribution in [0.1, 0.15) is 74.0 Å². The van der Waals surface area contributed by atoms with Gasteiger partial charge >= 0.3 is 0 Å². The molecule has 13 heteroatoms. The van der Waals surface area contributed by atoms with Crippen molar-refractivity contribution in [1.82, 2.24) is 20.2 Å². The number of anilines is 3. The number of benzene rings is 3. The van der Waals surface area contributed by atoms with Crippen LogP contribution in [0.5, 0.6) is 0 Å². The average molecular weight is 660 g/mol. The number of amides is 2. The van der Waals surface area contributed by atoms with Gasteiger partial charge in [0.25, 0.3) is 0 Å². The first-order valence-corrected chi connectivity index (χ1v) is 16.8. The van der Waals surface area contributed by atoms with E-state index in [4.69, 9.17) is 15.2 Å². The van der Waals surface area contributed by atoms with Gasteiger partial charge in [0.15, 0.2) is 6.29 Å². The number of aliphatic hydroxyl groups excluding tert-OH is 1. The highest BCUT2D eigenvalue weighted by Gasteiger charge is 2.32. The van der Waals surface area contributed by atoms with E-state index in [9.17, 15) is 14.7 Å². The van der Waals surface area contributed by atoms with Crippen molar-refractivity contribution >= 4 is 40.6 Å². The highest BCUT2D eigenvalue weighted by molar-refractivity contribution is 7.99. The van der Waals surface area contributed by atoms with Gasteiger partial charge in [-0.05, 0) is 58.7 Å². The zero-order chi connectivity index (χ0) is 33.0. The smallest absolute Gasteiger partial charge is 0.224 e. The second-order valence-electron chi connectivity index (χ2n) is 11.5. The quantitative estimate of drug-likeness (QED) is 0.0723. The van der Waals surface area contributed by atoms with E-state index >= 15 is 0 Å². The summed E-state index contributed by atoms with van der Waals surface area (Å²) < 4.78 is 14.5. The van der Waals surface area contributed by atoms with Crippen LogP contribution in [0.4, 0.5) is 17.1 Å². The Morgan fingerprint density at radius 2 is 1.68 bits per heavy atom.